The van der Waals surface area contributed by atoms with E-state index >= 15 is 0 Å². The Kier molecular flexibility index (Phi) is 18.0. The van der Waals surface area contributed by atoms with Crippen LogP contribution in [0.3, 0.4) is 0 Å². The number of rotatable bonds is 21. The summed E-state index contributed by atoms with van der Waals surface area (Å²) in [5, 5.41) is 22.6. The molecule has 0 unspecified atom stereocenters. The second-order valence-corrected chi connectivity index (χ2v) is 15.5. The Morgan fingerprint density at radius 2 is 1.71 bits per heavy atom. The van der Waals surface area contributed by atoms with E-state index in [0.29, 0.717) is 57.3 Å². The van der Waals surface area contributed by atoms with Gasteiger partial charge in [0, 0.05) is 43.8 Å². The second-order valence-electron chi connectivity index (χ2n) is 14.7. The lowest BCUT2D eigenvalue weighted by Crippen LogP contribution is -2.55. The fraction of sp³-hybridized carbons (Fsp3) is 0.675. The van der Waals surface area contributed by atoms with Crippen molar-refractivity contribution in [2.45, 2.75) is 122 Å². The predicted octanol–water partition coefficient (Wildman–Crippen LogP) is 4.82. The average molecular weight is 740 g/mol. The van der Waals surface area contributed by atoms with Gasteiger partial charge in [0.1, 0.15) is 6.04 Å². The van der Waals surface area contributed by atoms with Gasteiger partial charge in [-0.1, -0.05) is 95.5 Å². The summed E-state index contributed by atoms with van der Waals surface area (Å²) in [6.07, 6.45) is 10.1. The zero-order valence-electron chi connectivity index (χ0n) is 31.2. The first-order valence-corrected chi connectivity index (χ1v) is 20.5. The fourth-order valence-corrected chi connectivity index (χ4v) is 7.88. The van der Waals surface area contributed by atoms with Gasteiger partial charge in [-0.2, -0.15) is 0 Å². The van der Waals surface area contributed by atoms with E-state index in [9.17, 15) is 24.3 Å². The summed E-state index contributed by atoms with van der Waals surface area (Å²) < 4.78 is 5.42. The molecule has 52 heavy (non-hydrogen) atoms. The summed E-state index contributed by atoms with van der Waals surface area (Å²) in [6, 6.07) is 8.02. The van der Waals surface area contributed by atoms with Crippen LogP contribution in [-0.4, -0.2) is 89.7 Å². The Morgan fingerprint density at radius 3 is 2.40 bits per heavy atom. The number of nitrogens with zero attached hydrogens (tertiary/aromatic N) is 2. The van der Waals surface area contributed by atoms with Crippen LogP contribution < -0.4 is 16.0 Å². The Balaban J connectivity index is 1.48. The van der Waals surface area contributed by atoms with Gasteiger partial charge in [0.2, 0.25) is 23.6 Å². The van der Waals surface area contributed by atoms with Gasteiger partial charge in [-0.25, -0.2) is 4.98 Å². The van der Waals surface area contributed by atoms with Gasteiger partial charge in [-0.3, -0.25) is 19.2 Å². The summed E-state index contributed by atoms with van der Waals surface area (Å²) in [4.78, 5) is 60.8. The van der Waals surface area contributed by atoms with Crippen LogP contribution in [0.5, 0.6) is 0 Å². The molecule has 0 radical (unpaired) electrons. The van der Waals surface area contributed by atoms with Crippen LogP contribution in [0.4, 0.5) is 0 Å². The van der Waals surface area contributed by atoms with Crippen molar-refractivity contribution in [2.75, 3.05) is 32.8 Å². The minimum atomic E-state index is -0.976. The minimum absolute atomic E-state index is 0.00728. The predicted molar refractivity (Wildman–Crippen MR) is 203 cm³/mol. The van der Waals surface area contributed by atoms with Crippen LogP contribution in [0, 0.1) is 17.8 Å². The molecule has 0 spiro atoms. The zero-order chi connectivity index (χ0) is 37.1. The van der Waals surface area contributed by atoms with Gasteiger partial charge in [0.05, 0.1) is 42.5 Å². The molecular weight excluding hydrogens is 679 g/mol. The summed E-state index contributed by atoms with van der Waals surface area (Å²) in [5.41, 5.74) is 3.28. The fourth-order valence-electron chi connectivity index (χ4n) is 7.30. The first-order valence-electron chi connectivity index (χ1n) is 19.6. The van der Waals surface area contributed by atoms with E-state index in [4.69, 9.17) is 4.74 Å². The molecule has 1 saturated carbocycles. The maximum absolute atomic E-state index is 14.2. The highest BCUT2D eigenvalue weighted by Crippen LogP contribution is 2.29. The van der Waals surface area contributed by atoms with Gasteiger partial charge >= 0.3 is 0 Å². The summed E-state index contributed by atoms with van der Waals surface area (Å²) in [5.74, 6) is -1.78. The number of hydrogen-bond acceptors (Lipinski definition) is 8. The molecule has 2 aromatic rings. The molecular formula is C40H61N5O6S. The molecule has 5 atom stereocenters. The average Bonchev–Trinajstić information content (AvgIpc) is 3.68. The van der Waals surface area contributed by atoms with Crippen molar-refractivity contribution in [3.05, 3.63) is 52.5 Å². The molecule has 4 rings (SSSR count). The largest absolute Gasteiger partial charge is 0.391 e. The van der Waals surface area contributed by atoms with Crippen LogP contribution >= 0.6 is 11.3 Å². The highest BCUT2D eigenvalue weighted by molar-refractivity contribution is 7.07. The number of ether oxygens (including phenoxy) is 1. The van der Waals surface area contributed by atoms with Gasteiger partial charge in [0.15, 0.2) is 0 Å². The topological polar surface area (TPSA) is 150 Å². The molecule has 4 N–H and O–H groups in total. The summed E-state index contributed by atoms with van der Waals surface area (Å²) in [7, 11) is 0. The van der Waals surface area contributed by atoms with E-state index in [0.717, 1.165) is 56.9 Å². The molecule has 1 aromatic heterocycles. The SMILES string of the molecule is CCCCCCNC(=O)[C@H](C)C[C@H](O)[C@H](CC1CCCCC1)NC(=O)[C@H](Cc1cscn1)NC(=O)[C@@H](CC(=O)N1CCOCC1)Cc1ccccc1. The number of thiazole rings is 1. The van der Waals surface area contributed by atoms with Crippen LogP contribution in [-0.2, 0) is 36.8 Å². The number of nitrogens with one attached hydrogen (secondary N) is 3. The number of unbranched alkanes of at least 4 members (excludes halogenated alkanes) is 3. The van der Waals surface area contributed by atoms with Crippen molar-refractivity contribution >= 4 is 35.0 Å². The highest BCUT2D eigenvalue weighted by atomic mass is 32.1. The summed E-state index contributed by atoms with van der Waals surface area (Å²) in [6.45, 7) is 6.48. The Labute approximate surface area is 314 Å². The number of aliphatic hydroxyl groups is 1. The van der Waals surface area contributed by atoms with Crippen LogP contribution in [0.25, 0.3) is 0 Å². The molecule has 2 heterocycles. The summed E-state index contributed by atoms with van der Waals surface area (Å²) >= 11 is 1.41. The number of morpholine rings is 1. The van der Waals surface area contributed by atoms with Crippen LogP contribution in [0.1, 0.15) is 102 Å². The van der Waals surface area contributed by atoms with E-state index in [-0.39, 0.29) is 37.0 Å². The number of benzene rings is 1. The molecule has 11 nitrogen and oxygen atoms in total. The number of hydrogen-bond donors (Lipinski definition) is 4. The lowest BCUT2D eigenvalue weighted by molar-refractivity contribution is -0.140. The first-order chi connectivity index (χ1) is 25.2. The normalized spacial score (nSPS) is 18.1. The third-order valence-corrected chi connectivity index (χ3v) is 11.1. The lowest BCUT2D eigenvalue weighted by atomic mass is 9.82. The van der Waals surface area contributed by atoms with E-state index < -0.39 is 35.9 Å². The van der Waals surface area contributed by atoms with Crippen molar-refractivity contribution in [1.82, 2.24) is 25.8 Å². The third-order valence-electron chi connectivity index (χ3n) is 10.5. The Hall–Kier alpha value is -3.35. The van der Waals surface area contributed by atoms with Gasteiger partial charge in [-0.05, 0) is 37.2 Å². The number of carbonyl (C=O) groups excluding carboxylic acids is 4. The number of aromatic nitrogens is 1. The maximum atomic E-state index is 14.2. The molecule has 1 aliphatic heterocycles. The molecule has 288 valence electrons. The third kappa shape index (κ3) is 14.2. The smallest absolute Gasteiger partial charge is 0.243 e. The zero-order valence-corrected chi connectivity index (χ0v) is 32.0. The van der Waals surface area contributed by atoms with Gasteiger partial charge < -0.3 is 30.7 Å². The van der Waals surface area contributed by atoms with Crippen molar-refractivity contribution in [2.24, 2.45) is 17.8 Å². The van der Waals surface area contributed by atoms with E-state index in [2.05, 4.69) is 27.9 Å². The van der Waals surface area contributed by atoms with Crippen molar-refractivity contribution < 1.29 is 29.0 Å². The Bertz CT molecular complexity index is 1350. The minimum Gasteiger partial charge on any atom is -0.391 e. The number of aliphatic hydroxyl groups excluding tert-OH is 1. The molecule has 2 fully saturated rings. The monoisotopic (exact) mass is 739 g/mol. The van der Waals surface area contributed by atoms with E-state index in [1.54, 1.807) is 10.4 Å². The first kappa shape index (κ1) is 41.4. The van der Waals surface area contributed by atoms with Gasteiger partial charge in [0.25, 0.3) is 0 Å². The standard InChI is InChI=1S/C40H61N5O6S/c1-3-4-5-12-17-41-38(48)29(2)22-36(46)34(24-31-15-10-7-11-16-31)43-40(50)35(26-33-27-52-28-42-33)44-39(49)32(23-30-13-8-6-9-14-30)25-37(47)45-18-20-51-21-19-45/h6,8-9,13-14,27-29,31-32,34-36,46H,3-5,7,10-12,15-26H2,1-2H3,(H,41,48)(H,43,50)(H,44,49)/t29-,32-,34+,35+,36+/m1/s1. The number of carbonyl (C=O) groups is 4. The van der Waals surface area contributed by atoms with Crippen molar-refractivity contribution in [3.63, 3.8) is 0 Å². The van der Waals surface area contributed by atoms with Crippen LogP contribution in [0.2, 0.25) is 0 Å². The number of amides is 4. The molecule has 4 amide bonds. The lowest BCUT2D eigenvalue weighted by Gasteiger charge is -2.32. The maximum Gasteiger partial charge on any atom is 0.243 e. The van der Waals surface area contributed by atoms with E-state index in [1.165, 1.54) is 17.8 Å². The molecule has 1 aliphatic carbocycles. The molecule has 12 heteroatoms. The van der Waals surface area contributed by atoms with Crippen LogP contribution in [0.15, 0.2) is 41.2 Å². The van der Waals surface area contributed by atoms with Crippen molar-refractivity contribution in [1.29, 1.82) is 0 Å². The highest BCUT2D eigenvalue weighted by Gasteiger charge is 2.34. The molecule has 2 aliphatic rings. The molecule has 1 aromatic carbocycles. The van der Waals surface area contributed by atoms with Crippen molar-refractivity contribution in [3.8, 4) is 0 Å². The second kappa shape index (κ2) is 22.7. The van der Waals surface area contributed by atoms with E-state index in [1.807, 2.05) is 42.6 Å². The quantitative estimate of drug-likeness (QED) is 0.134. The molecule has 0 bridgehead atoms. The van der Waals surface area contributed by atoms with Gasteiger partial charge in [-0.15, -0.1) is 11.3 Å². The Morgan fingerprint density at radius 1 is 0.962 bits per heavy atom. The molecule has 1 saturated heterocycles.